The molecule has 0 heterocycles. The first kappa shape index (κ1) is 16.7. The van der Waals surface area contributed by atoms with Gasteiger partial charge in [-0.15, -0.1) is 0 Å². The number of anilines is 1. The SMILES string of the molecule is Cc1ccc(NC(=O)COC(=O)CCc2ccccc2F)cc1. The normalized spacial score (nSPS) is 10.2. The number of nitrogens with one attached hydrogen (secondary N) is 1. The van der Waals surface area contributed by atoms with Crippen molar-refractivity contribution in [1.29, 1.82) is 0 Å². The Hall–Kier alpha value is -2.69. The van der Waals surface area contributed by atoms with Gasteiger partial charge in [0.15, 0.2) is 6.61 Å². The number of aryl methyl sites for hydroxylation is 2. The van der Waals surface area contributed by atoms with E-state index in [0.717, 1.165) is 5.56 Å². The lowest BCUT2D eigenvalue weighted by atomic mass is 10.1. The van der Waals surface area contributed by atoms with Crippen LogP contribution in [0.3, 0.4) is 0 Å². The second kappa shape index (κ2) is 8.08. The van der Waals surface area contributed by atoms with Gasteiger partial charge in [0.05, 0.1) is 0 Å². The first-order chi connectivity index (χ1) is 11.0. The van der Waals surface area contributed by atoms with Gasteiger partial charge in [-0.3, -0.25) is 9.59 Å². The maximum Gasteiger partial charge on any atom is 0.306 e. The van der Waals surface area contributed by atoms with Crippen molar-refractivity contribution in [2.45, 2.75) is 19.8 Å². The first-order valence-electron chi connectivity index (χ1n) is 7.30. The summed E-state index contributed by atoms with van der Waals surface area (Å²) in [4.78, 5) is 23.3. The van der Waals surface area contributed by atoms with Crippen molar-refractivity contribution in [2.24, 2.45) is 0 Å². The van der Waals surface area contributed by atoms with E-state index < -0.39 is 11.9 Å². The van der Waals surface area contributed by atoms with E-state index in [0.29, 0.717) is 11.3 Å². The summed E-state index contributed by atoms with van der Waals surface area (Å²) in [5.41, 5.74) is 2.18. The molecule has 1 N–H and O–H groups in total. The molecule has 0 saturated heterocycles. The first-order valence-corrected chi connectivity index (χ1v) is 7.30. The second-order valence-corrected chi connectivity index (χ2v) is 5.17. The van der Waals surface area contributed by atoms with Crippen LogP contribution in [-0.4, -0.2) is 18.5 Å². The Morgan fingerprint density at radius 3 is 2.48 bits per heavy atom. The zero-order valence-electron chi connectivity index (χ0n) is 12.8. The van der Waals surface area contributed by atoms with Crippen LogP contribution in [0.4, 0.5) is 10.1 Å². The minimum atomic E-state index is -0.535. The minimum absolute atomic E-state index is 0.0265. The smallest absolute Gasteiger partial charge is 0.306 e. The van der Waals surface area contributed by atoms with E-state index >= 15 is 0 Å². The zero-order chi connectivity index (χ0) is 16.7. The Morgan fingerprint density at radius 1 is 1.09 bits per heavy atom. The summed E-state index contributed by atoms with van der Waals surface area (Å²) < 4.78 is 18.3. The quantitative estimate of drug-likeness (QED) is 0.833. The Labute approximate surface area is 134 Å². The van der Waals surface area contributed by atoms with E-state index in [9.17, 15) is 14.0 Å². The fourth-order valence-electron chi connectivity index (χ4n) is 1.99. The van der Waals surface area contributed by atoms with Crippen molar-refractivity contribution in [2.75, 3.05) is 11.9 Å². The molecule has 0 atom stereocenters. The van der Waals surface area contributed by atoms with Gasteiger partial charge in [0, 0.05) is 12.1 Å². The molecule has 0 saturated carbocycles. The summed E-state index contributed by atoms with van der Waals surface area (Å²) >= 11 is 0. The summed E-state index contributed by atoms with van der Waals surface area (Å²) in [5.74, 6) is -1.29. The number of halogens is 1. The molecule has 0 unspecified atom stereocenters. The highest BCUT2D eigenvalue weighted by Gasteiger charge is 2.09. The Balaban J connectivity index is 1.72. The molecule has 2 rings (SSSR count). The lowest BCUT2D eigenvalue weighted by Crippen LogP contribution is -2.21. The van der Waals surface area contributed by atoms with Crippen molar-refractivity contribution < 1.29 is 18.7 Å². The number of ether oxygens (including phenoxy) is 1. The van der Waals surface area contributed by atoms with Crippen molar-refractivity contribution in [3.05, 3.63) is 65.5 Å². The van der Waals surface area contributed by atoms with Gasteiger partial charge in [0.2, 0.25) is 0 Å². The highest BCUT2D eigenvalue weighted by molar-refractivity contribution is 5.92. The van der Waals surface area contributed by atoms with E-state index in [-0.39, 0.29) is 25.3 Å². The standard InChI is InChI=1S/C18H18FNO3/c1-13-6-9-15(10-7-13)20-17(21)12-23-18(22)11-8-14-4-2-3-5-16(14)19/h2-7,9-10H,8,11-12H2,1H3,(H,20,21). The van der Waals surface area contributed by atoms with E-state index in [4.69, 9.17) is 4.74 Å². The molecule has 0 aromatic heterocycles. The lowest BCUT2D eigenvalue weighted by Gasteiger charge is -2.07. The molecule has 0 aliphatic carbocycles. The zero-order valence-corrected chi connectivity index (χ0v) is 12.8. The van der Waals surface area contributed by atoms with Crippen LogP contribution in [0, 0.1) is 12.7 Å². The number of hydrogen-bond donors (Lipinski definition) is 1. The number of esters is 1. The average molecular weight is 315 g/mol. The topological polar surface area (TPSA) is 55.4 Å². The average Bonchev–Trinajstić information content (AvgIpc) is 2.54. The number of amides is 1. The fourth-order valence-corrected chi connectivity index (χ4v) is 1.99. The van der Waals surface area contributed by atoms with Crippen LogP contribution >= 0.6 is 0 Å². The van der Waals surface area contributed by atoms with E-state index in [2.05, 4.69) is 5.32 Å². The highest BCUT2D eigenvalue weighted by Crippen LogP contribution is 2.10. The molecular formula is C18H18FNO3. The number of carbonyl (C=O) groups excluding carboxylic acids is 2. The monoisotopic (exact) mass is 315 g/mol. The van der Waals surface area contributed by atoms with Gasteiger partial charge in [-0.1, -0.05) is 35.9 Å². The molecule has 0 radical (unpaired) electrons. The predicted molar refractivity (Wildman–Crippen MR) is 85.5 cm³/mol. The Bertz CT molecular complexity index is 683. The predicted octanol–water partition coefficient (Wildman–Crippen LogP) is 3.25. The Morgan fingerprint density at radius 2 is 1.78 bits per heavy atom. The maximum atomic E-state index is 13.4. The molecule has 2 aromatic rings. The summed E-state index contributed by atoms with van der Waals surface area (Å²) in [7, 11) is 0. The molecular weight excluding hydrogens is 297 g/mol. The largest absolute Gasteiger partial charge is 0.456 e. The number of hydrogen-bond acceptors (Lipinski definition) is 3. The highest BCUT2D eigenvalue weighted by atomic mass is 19.1. The van der Waals surface area contributed by atoms with E-state index in [1.54, 1.807) is 30.3 Å². The van der Waals surface area contributed by atoms with Gasteiger partial charge >= 0.3 is 5.97 Å². The molecule has 2 aromatic carbocycles. The van der Waals surface area contributed by atoms with Gasteiger partial charge in [0.1, 0.15) is 5.82 Å². The summed E-state index contributed by atoms with van der Waals surface area (Å²) in [6.45, 7) is 1.59. The number of benzene rings is 2. The third-order valence-electron chi connectivity index (χ3n) is 3.26. The van der Waals surface area contributed by atoms with Crippen LogP contribution in [-0.2, 0) is 20.7 Å². The van der Waals surface area contributed by atoms with Gasteiger partial charge in [-0.25, -0.2) is 4.39 Å². The van der Waals surface area contributed by atoms with Crippen LogP contribution in [0.25, 0.3) is 0 Å². The molecule has 0 aliphatic heterocycles. The Kier molecular flexibility index (Phi) is 5.86. The summed E-state index contributed by atoms with van der Waals surface area (Å²) in [6, 6.07) is 13.5. The van der Waals surface area contributed by atoms with Gasteiger partial charge < -0.3 is 10.1 Å². The number of rotatable bonds is 6. The van der Waals surface area contributed by atoms with E-state index in [1.165, 1.54) is 6.07 Å². The fraction of sp³-hybridized carbons (Fsp3) is 0.222. The molecule has 0 bridgehead atoms. The molecule has 0 aliphatic rings. The van der Waals surface area contributed by atoms with Crippen LogP contribution in [0.1, 0.15) is 17.5 Å². The van der Waals surface area contributed by atoms with Gasteiger partial charge in [0.25, 0.3) is 5.91 Å². The number of carbonyl (C=O) groups is 2. The van der Waals surface area contributed by atoms with E-state index in [1.807, 2.05) is 19.1 Å². The minimum Gasteiger partial charge on any atom is -0.456 e. The van der Waals surface area contributed by atoms with Crippen molar-refractivity contribution in [3.63, 3.8) is 0 Å². The van der Waals surface area contributed by atoms with Crippen LogP contribution < -0.4 is 5.32 Å². The van der Waals surface area contributed by atoms with Crippen molar-refractivity contribution >= 4 is 17.6 Å². The van der Waals surface area contributed by atoms with Crippen LogP contribution in [0.5, 0.6) is 0 Å². The summed E-state index contributed by atoms with van der Waals surface area (Å²) in [5, 5.41) is 2.63. The molecule has 23 heavy (non-hydrogen) atoms. The molecule has 0 spiro atoms. The van der Waals surface area contributed by atoms with Crippen LogP contribution in [0.2, 0.25) is 0 Å². The summed E-state index contributed by atoms with van der Waals surface area (Å²) in [6.07, 6.45) is 0.268. The second-order valence-electron chi connectivity index (χ2n) is 5.17. The molecule has 5 heteroatoms. The van der Waals surface area contributed by atoms with Crippen LogP contribution in [0.15, 0.2) is 48.5 Å². The third-order valence-corrected chi connectivity index (χ3v) is 3.26. The molecule has 0 fully saturated rings. The third kappa shape index (κ3) is 5.54. The molecule has 1 amide bonds. The van der Waals surface area contributed by atoms with Gasteiger partial charge in [-0.2, -0.15) is 0 Å². The molecule has 120 valence electrons. The van der Waals surface area contributed by atoms with Gasteiger partial charge in [-0.05, 0) is 37.1 Å². The maximum absolute atomic E-state index is 13.4. The van der Waals surface area contributed by atoms with Crippen molar-refractivity contribution in [3.8, 4) is 0 Å². The molecule has 4 nitrogen and oxygen atoms in total. The lowest BCUT2D eigenvalue weighted by molar-refractivity contribution is -0.147. The van der Waals surface area contributed by atoms with Crippen molar-refractivity contribution in [1.82, 2.24) is 0 Å².